The van der Waals surface area contributed by atoms with E-state index in [1.54, 1.807) is 36.2 Å². The second-order valence-corrected chi connectivity index (χ2v) is 4.81. The van der Waals surface area contributed by atoms with E-state index in [2.05, 4.69) is 0 Å². The number of nitrogens with two attached hydrogens (primary N) is 1. The smallest absolute Gasteiger partial charge is 0.310 e. The number of benzene rings is 1. The van der Waals surface area contributed by atoms with Gasteiger partial charge in [0.15, 0.2) is 6.61 Å². The minimum absolute atomic E-state index is 0.145. The summed E-state index contributed by atoms with van der Waals surface area (Å²) in [6, 6.07) is 7.34. The maximum Gasteiger partial charge on any atom is 0.310 e. The fraction of sp³-hybridized carbons (Fsp3) is 0.429. The van der Waals surface area contributed by atoms with Gasteiger partial charge in [-0.25, -0.2) is 0 Å². The Morgan fingerprint density at radius 2 is 1.95 bits per heavy atom. The van der Waals surface area contributed by atoms with E-state index >= 15 is 0 Å². The second kappa shape index (κ2) is 5.73. The molecule has 1 aromatic carbocycles. The van der Waals surface area contributed by atoms with Crippen LogP contribution in [0.1, 0.15) is 18.4 Å². The summed E-state index contributed by atoms with van der Waals surface area (Å²) in [5, 5.41) is 0. The van der Waals surface area contributed by atoms with Gasteiger partial charge in [0.05, 0.1) is 6.42 Å². The number of hydrogen-bond acceptors (Lipinski definition) is 4. The molecule has 1 fully saturated rings. The van der Waals surface area contributed by atoms with Crippen molar-refractivity contribution in [2.24, 2.45) is 0 Å². The van der Waals surface area contributed by atoms with E-state index in [4.69, 9.17) is 10.5 Å². The number of anilines is 1. The van der Waals surface area contributed by atoms with Gasteiger partial charge < -0.3 is 15.4 Å². The summed E-state index contributed by atoms with van der Waals surface area (Å²) < 4.78 is 4.98. The first-order chi connectivity index (χ1) is 9.06. The monoisotopic (exact) mass is 262 g/mol. The highest BCUT2D eigenvalue weighted by atomic mass is 16.5. The first kappa shape index (κ1) is 13.4. The lowest BCUT2D eigenvalue weighted by molar-refractivity contribution is -0.151. The summed E-state index contributed by atoms with van der Waals surface area (Å²) >= 11 is 0. The molecule has 0 atom stereocenters. The van der Waals surface area contributed by atoms with Gasteiger partial charge in [-0.2, -0.15) is 0 Å². The van der Waals surface area contributed by atoms with Crippen LogP contribution >= 0.6 is 0 Å². The minimum atomic E-state index is -0.401. The molecular weight excluding hydrogens is 244 g/mol. The summed E-state index contributed by atoms with van der Waals surface area (Å²) in [4.78, 5) is 24.9. The van der Waals surface area contributed by atoms with Crippen molar-refractivity contribution in [1.82, 2.24) is 4.90 Å². The number of rotatable bonds is 5. The Kier molecular flexibility index (Phi) is 4.04. The number of ether oxygens (including phenoxy) is 1. The Labute approximate surface area is 112 Å². The van der Waals surface area contributed by atoms with E-state index in [0.29, 0.717) is 11.7 Å². The Morgan fingerprint density at radius 3 is 2.53 bits per heavy atom. The molecule has 1 aromatic rings. The van der Waals surface area contributed by atoms with Crippen molar-refractivity contribution in [3.63, 3.8) is 0 Å². The van der Waals surface area contributed by atoms with Gasteiger partial charge >= 0.3 is 5.97 Å². The van der Waals surface area contributed by atoms with Crippen molar-refractivity contribution in [3.8, 4) is 0 Å². The molecule has 0 unspecified atom stereocenters. The van der Waals surface area contributed by atoms with E-state index in [1.807, 2.05) is 0 Å². The molecule has 19 heavy (non-hydrogen) atoms. The van der Waals surface area contributed by atoms with Crippen molar-refractivity contribution < 1.29 is 14.3 Å². The maximum absolute atomic E-state index is 11.7. The van der Waals surface area contributed by atoms with Crippen molar-refractivity contribution in [2.75, 3.05) is 19.4 Å². The van der Waals surface area contributed by atoms with Gasteiger partial charge in [0.25, 0.3) is 5.91 Å². The third-order valence-electron chi connectivity index (χ3n) is 3.17. The van der Waals surface area contributed by atoms with Crippen LogP contribution in [-0.4, -0.2) is 36.5 Å². The number of amides is 1. The summed E-state index contributed by atoms with van der Waals surface area (Å²) in [7, 11) is 1.74. The molecule has 0 saturated heterocycles. The Hall–Kier alpha value is -2.04. The summed E-state index contributed by atoms with van der Waals surface area (Å²) in [6.07, 6.45) is 2.24. The molecule has 0 heterocycles. The first-order valence-electron chi connectivity index (χ1n) is 6.32. The number of likely N-dealkylation sites (N-methyl/N-ethyl adjacent to an activating group) is 1. The molecule has 0 spiro atoms. The van der Waals surface area contributed by atoms with E-state index < -0.39 is 5.97 Å². The number of esters is 1. The van der Waals surface area contributed by atoms with Crippen LogP contribution in [0.25, 0.3) is 0 Å². The van der Waals surface area contributed by atoms with E-state index in [0.717, 1.165) is 18.4 Å². The number of nitrogen functional groups attached to an aromatic ring is 1. The minimum Gasteiger partial charge on any atom is -0.455 e. The van der Waals surface area contributed by atoms with Gasteiger partial charge in [0, 0.05) is 18.8 Å². The van der Waals surface area contributed by atoms with Gasteiger partial charge in [0.2, 0.25) is 0 Å². The zero-order valence-electron chi connectivity index (χ0n) is 11.0. The van der Waals surface area contributed by atoms with Gasteiger partial charge in [-0.15, -0.1) is 0 Å². The van der Waals surface area contributed by atoms with Gasteiger partial charge in [-0.3, -0.25) is 9.59 Å². The standard InChI is InChI=1S/C14H18N2O3/c1-16(12-6-7-12)13(17)9-19-14(18)8-10-2-4-11(15)5-3-10/h2-5,12H,6-9,15H2,1H3. The zero-order valence-corrected chi connectivity index (χ0v) is 11.0. The van der Waals surface area contributed by atoms with E-state index in [9.17, 15) is 9.59 Å². The number of carbonyl (C=O) groups is 2. The third kappa shape index (κ3) is 3.98. The molecule has 5 heteroatoms. The van der Waals surface area contributed by atoms with E-state index in [1.165, 1.54) is 0 Å². The molecule has 0 radical (unpaired) electrons. The quantitative estimate of drug-likeness (QED) is 0.634. The van der Waals surface area contributed by atoms with Crippen LogP contribution in [0.3, 0.4) is 0 Å². The van der Waals surface area contributed by atoms with Crippen LogP contribution in [-0.2, 0) is 20.7 Å². The normalized spacial score (nSPS) is 13.9. The Balaban J connectivity index is 1.75. The van der Waals surface area contributed by atoms with Crippen LogP contribution in [0, 0.1) is 0 Å². The van der Waals surface area contributed by atoms with Crippen molar-refractivity contribution >= 4 is 17.6 Å². The molecule has 1 saturated carbocycles. The Bertz CT molecular complexity index is 466. The van der Waals surface area contributed by atoms with Crippen LogP contribution in [0.15, 0.2) is 24.3 Å². The lowest BCUT2D eigenvalue weighted by Crippen LogP contribution is -2.33. The molecule has 1 aliphatic rings. The lowest BCUT2D eigenvalue weighted by Gasteiger charge is -2.15. The maximum atomic E-state index is 11.7. The highest BCUT2D eigenvalue weighted by Crippen LogP contribution is 2.25. The summed E-state index contributed by atoms with van der Waals surface area (Å²) in [5.74, 6) is -0.546. The molecule has 102 valence electrons. The molecular formula is C14H18N2O3. The Morgan fingerprint density at radius 1 is 1.32 bits per heavy atom. The van der Waals surface area contributed by atoms with Crippen LogP contribution in [0.5, 0.6) is 0 Å². The van der Waals surface area contributed by atoms with Crippen LogP contribution in [0.4, 0.5) is 5.69 Å². The molecule has 2 rings (SSSR count). The zero-order chi connectivity index (χ0) is 13.8. The van der Waals surface area contributed by atoms with Crippen molar-refractivity contribution in [2.45, 2.75) is 25.3 Å². The molecule has 0 bridgehead atoms. The van der Waals surface area contributed by atoms with E-state index in [-0.39, 0.29) is 18.9 Å². The van der Waals surface area contributed by atoms with Gasteiger partial charge in [-0.05, 0) is 30.5 Å². The first-order valence-corrected chi connectivity index (χ1v) is 6.32. The molecule has 1 amide bonds. The molecule has 5 nitrogen and oxygen atoms in total. The van der Waals surface area contributed by atoms with Crippen LogP contribution < -0.4 is 5.73 Å². The van der Waals surface area contributed by atoms with Gasteiger partial charge in [0.1, 0.15) is 0 Å². The SMILES string of the molecule is CN(C(=O)COC(=O)Cc1ccc(N)cc1)C1CC1. The fourth-order valence-corrected chi connectivity index (χ4v) is 1.76. The molecule has 0 aliphatic heterocycles. The average molecular weight is 262 g/mol. The predicted molar refractivity (Wildman–Crippen MR) is 71.3 cm³/mol. The second-order valence-electron chi connectivity index (χ2n) is 4.81. The summed E-state index contributed by atoms with van der Waals surface area (Å²) in [5.41, 5.74) is 7.03. The molecule has 1 aliphatic carbocycles. The largest absolute Gasteiger partial charge is 0.455 e. The number of nitrogens with zero attached hydrogens (tertiary/aromatic N) is 1. The average Bonchev–Trinajstić information content (AvgIpc) is 3.22. The van der Waals surface area contributed by atoms with Crippen LogP contribution in [0.2, 0.25) is 0 Å². The summed E-state index contributed by atoms with van der Waals surface area (Å²) in [6.45, 7) is -0.180. The highest BCUT2D eigenvalue weighted by molar-refractivity contribution is 5.81. The topological polar surface area (TPSA) is 72.6 Å². The van der Waals surface area contributed by atoms with Crippen molar-refractivity contribution in [3.05, 3.63) is 29.8 Å². The molecule has 2 N–H and O–H groups in total. The third-order valence-corrected chi connectivity index (χ3v) is 3.17. The lowest BCUT2D eigenvalue weighted by atomic mass is 10.1. The van der Waals surface area contributed by atoms with Gasteiger partial charge in [-0.1, -0.05) is 12.1 Å². The fourth-order valence-electron chi connectivity index (χ4n) is 1.76. The highest BCUT2D eigenvalue weighted by Gasteiger charge is 2.29. The number of carbonyl (C=O) groups excluding carboxylic acids is 2. The number of hydrogen-bond donors (Lipinski definition) is 1. The van der Waals surface area contributed by atoms with Crippen molar-refractivity contribution in [1.29, 1.82) is 0 Å². The predicted octanol–water partition coefficient (Wildman–Crippen LogP) is 0.975. The molecule has 0 aromatic heterocycles.